The van der Waals surface area contributed by atoms with E-state index >= 15 is 0 Å². The summed E-state index contributed by atoms with van der Waals surface area (Å²) in [7, 11) is 1.88. The van der Waals surface area contributed by atoms with Crippen molar-refractivity contribution < 1.29 is 0 Å². The maximum Gasteiger partial charge on any atom is 0.236 e. The van der Waals surface area contributed by atoms with Crippen molar-refractivity contribution in [1.82, 2.24) is 29.6 Å². The lowest BCUT2D eigenvalue weighted by molar-refractivity contribution is 0.744. The molecule has 0 bridgehead atoms. The van der Waals surface area contributed by atoms with Crippen LogP contribution < -0.4 is 5.73 Å². The van der Waals surface area contributed by atoms with Gasteiger partial charge in [0.15, 0.2) is 0 Å². The number of aryl methyl sites for hydroxylation is 2. The molecule has 0 saturated carbocycles. The molecule has 3 heterocycles. The Morgan fingerprint density at radius 1 is 1.35 bits per heavy atom. The van der Waals surface area contributed by atoms with Crippen molar-refractivity contribution in [2.45, 2.75) is 13.3 Å². The SMILES string of the molecule is CCc1cc(-c2nnc3sc(N)nn23)n(C)n1. The van der Waals surface area contributed by atoms with Crippen molar-refractivity contribution >= 4 is 21.4 Å². The van der Waals surface area contributed by atoms with E-state index in [-0.39, 0.29) is 0 Å². The van der Waals surface area contributed by atoms with Gasteiger partial charge >= 0.3 is 0 Å². The number of nitrogens with two attached hydrogens (primary N) is 1. The molecule has 88 valence electrons. The third-order valence-corrected chi connectivity index (χ3v) is 3.26. The molecule has 0 aliphatic carbocycles. The van der Waals surface area contributed by atoms with Crippen LogP contribution in [0.1, 0.15) is 12.6 Å². The van der Waals surface area contributed by atoms with Gasteiger partial charge in [0, 0.05) is 7.05 Å². The van der Waals surface area contributed by atoms with E-state index in [1.807, 2.05) is 13.1 Å². The molecule has 0 radical (unpaired) electrons. The van der Waals surface area contributed by atoms with Crippen molar-refractivity contribution in [3.63, 3.8) is 0 Å². The summed E-state index contributed by atoms with van der Waals surface area (Å²) in [5, 5.41) is 17.2. The molecule has 0 unspecified atom stereocenters. The van der Waals surface area contributed by atoms with Crippen LogP contribution in [0.15, 0.2) is 6.07 Å². The Morgan fingerprint density at radius 3 is 2.88 bits per heavy atom. The van der Waals surface area contributed by atoms with Gasteiger partial charge < -0.3 is 5.73 Å². The van der Waals surface area contributed by atoms with E-state index in [0.29, 0.717) is 15.9 Å². The van der Waals surface area contributed by atoms with E-state index < -0.39 is 0 Å². The first kappa shape index (κ1) is 10.2. The van der Waals surface area contributed by atoms with Crippen molar-refractivity contribution in [3.05, 3.63) is 11.8 Å². The number of aromatic nitrogens is 6. The number of nitrogen functional groups attached to an aromatic ring is 1. The number of nitrogens with zero attached hydrogens (tertiary/aromatic N) is 6. The zero-order valence-electron chi connectivity index (χ0n) is 9.45. The smallest absolute Gasteiger partial charge is 0.236 e. The number of rotatable bonds is 2. The molecule has 0 amide bonds. The van der Waals surface area contributed by atoms with Gasteiger partial charge in [0.1, 0.15) is 5.69 Å². The lowest BCUT2D eigenvalue weighted by Crippen LogP contribution is -1.99. The summed E-state index contributed by atoms with van der Waals surface area (Å²) >= 11 is 1.31. The number of anilines is 1. The Hall–Kier alpha value is -1.96. The van der Waals surface area contributed by atoms with Crippen molar-refractivity contribution in [3.8, 4) is 11.5 Å². The molecule has 0 spiro atoms. The molecule has 0 aliphatic rings. The lowest BCUT2D eigenvalue weighted by atomic mass is 10.3. The largest absolute Gasteiger partial charge is 0.374 e. The van der Waals surface area contributed by atoms with Gasteiger partial charge in [0.05, 0.1) is 5.69 Å². The predicted molar refractivity (Wildman–Crippen MR) is 64.7 cm³/mol. The van der Waals surface area contributed by atoms with Gasteiger partial charge in [-0.25, -0.2) is 0 Å². The molecule has 8 heteroatoms. The molecule has 3 aromatic heterocycles. The number of hydrogen-bond acceptors (Lipinski definition) is 6. The Kier molecular flexibility index (Phi) is 2.11. The highest BCUT2D eigenvalue weighted by Crippen LogP contribution is 2.22. The van der Waals surface area contributed by atoms with Gasteiger partial charge in [-0.05, 0) is 12.5 Å². The quantitative estimate of drug-likeness (QED) is 0.723. The molecular weight excluding hydrogens is 238 g/mol. The van der Waals surface area contributed by atoms with Crippen LogP contribution in [0, 0.1) is 0 Å². The third-order valence-electron chi connectivity index (χ3n) is 2.53. The average Bonchev–Trinajstić information content (AvgIpc) is 2.92. The van der Waals surface area contributed by atoms with Gasteiger partial charge in [-0.15, -0.1) is 15.3 Å². The van der Waals surface area contributed by atoms with E-state index in [2.05, 4.69) is 27.3 Å². The van der Waals surface area contributed by atoms with Crippen LogP contribution in [-0.4, -0.2) is 29.6 Å². The normalized spacial score (nSPS) is 11.4. The first-order chi connectivity index (χ1) is 8.19. The van der Waals surface area contributed by atoms with E-state index in [1.165, 1.54) is 11.3 Å². The topological polar surface area (TPSA) is 86.9 Å². The van der Waals surface area contributed by atoms with E-state index in [1.54, 1.807) is 9.20 Å². The Morgan fingerprint density at radius 2 is 2.18 bits per heavy atom. The van der Waals surface area contributed by atoms with Crippen LogP contribution in [-0.2, 0) is 13.5 Å². The molecule has 2 N–H and O–H groups in total. The van der Waals surface area contributed by atoms with Crippen LogP contribution in [0.3, 0.4) is 0 Å². The Balaban J connectivity index is 2.22. The zero-order chi connectivity index (χ0) is 12.0. The summed E-state index contributed by atoms with van der Waals surface area (Å²) < 4.78 is 3.43. The van der Waals surface area contributed by atoms with Crippen molar-refractivity contribution in [1.29, 1.82) is 0 Å². The van der Waals surface area contributed by atoms with Crippen molar-refractivity contribution in [2.24, 2.45) is 7.05 Å². The standard InChI is InChI=1S/C9H11N7S/c1-3-5-4-6(15(2)13-5)7-11-12-9-16(7)14-8(10)17-9/h4H,3H2,1-2H3,(H2,10,14). The minimum Gasteiger partial charge on any atom is -0.374 e. The summed E-state index contributed by atoms with van der Waals surface area (Å²) in [6.07, 6.45) is 0.884. The second-order valence-corrected chi connectivity index (χ2v) is 4.64. The zero-order valence-corrected chi connectivity index (χ0v) is 10.3. The second-order valence-electron chi connectivity index (χ2n) is 3.66. The summed E-state index contributed by atoms with van der Waals surface area (Å²) in [6, 6.07) is 1.99. The van der Waals surface area contributed by atoms with Gasteiger partial charge in [0.2, 0.25) is 15.9 Å². The molecule has 0 saturated heterocycles. The fraction of sp³-hybridized carbons (Fsp3) is 0.333. The molecule has 3 rings (SSSR count). The Labute approximate surface area is 101 Å². The fourth-order valence-corrected chi connectivity index (χ4v) is 2.31. The molecule has 17 heavy (non-hydrogen) atoms. The predicted octanol–water partition coefficient (Wildman–Crippen LogP) is 0.731. The number of hydrogen-bond donors (Lipinski definition) is 1. The van der Waals surface area contributed by atoms with Gasteiger partial charge in [-0.2, -0.15) is 9.61 Å². The van der Waals surface area contributed by atoms with Crippen LogP contribution in [0.2, 0.25) is 0 Å². The average molecular weight is 249 g/mol. The summed E-state index contributed by atoms with van der Waals surface area (Å²) in [4.78, 5) is 0.691. The van der Waals surface area contributed by atoms with Gasteiger partial charge in [-0.3, -0.25) is 4.68 Å². The lowest BCUT2D eigenvalue weighted by Gasteiger charge is -1.96. The maximum atomic E-state index is 5.65. The molecule has 0 aromatic carbocycles. The highest BCUT2D eigenvalue weighted by Gasteiger charge is 2.16. The summed E-state index contributed by atoms with van der Waals surface area (Å²) in [5.74, 6) is 0.669. The first-order valence-corrected chi connectivity index (χ1v) is 6.01. The van der Waals surface area contributed by atoms with Crippen molar-refractivity contribution in [2.75, 3.05) is 5.73 Å². The van der Waals surface area contributed by atoms with Crippen LogP contribution >= 0.6 is 11.3 Å². The summed E-state index contributed by atoms with van der Waals surface area (Å²) in [6.45, 7) is 2.06. The van der Waals surface area contributed by atoms with Crippen LogP contribution in [0.4, 0.5) is 5.13 Å². The monoisotopic (exact) mass is 249 g/mol. The minimum atomic E-state index is 0.481. The van der Waals surface area contributed by atoms with E-state index in [9.17, 15) is 0 Å². The first-order valence-electron chi connectivity index (χ1n) is 5.20. The molecule has 7 nitrogen and oxygen atoms in total. The molecule has 0 fully saturated rings. The second kappa shape index (κ2) is 3.52. The van der Waals surface area contributed by atoms with Crippen LogP contribution in [0.5, 0.6) is 0 Å². The number of fused-ring (bicyclic) bond motifs is 1. The highest BCUT2D eigenvalue weighted by molar-refractivity contribution is 7.20. The molecule has 3 aromatic rings. The van der Waals surface area contributed by atoms with Gasteiger partial charge in [0.25, 0.3) is 0 Å². The minimum absolute atomic E-state index is 0.481. The highest BCUT2D eigenvalue weighted by atomic mass is 32.1. The summed E-state index contributed by atoms with van der Waals surface area (Å²) in [5.41, 5.74) is 7.55. The third kappa shape index (κ3) is 1.48. The molecular formula is C9H11N7S. The Bertz CT molecular complexity index is 677. The maximum absolute atomic E-state index is 5.65. The van der Waals surface area contributed by atoms with Crippen LogP contribution in [0.25, 0.3) is 16.5 Å². The van der Waals surface area contributed by atoms with Gasteiger partial charge in [-0.1, -0.05) is 18.3 Å². The molecule has 0 atom stereocenters. The fourth-order valence-electron chi connectivity index (χ4n) is 1.70. The molecule has 0 aliphatic heterocycles. The van der Waals surface area contributed by atoms with E-state index in [4.69, 9.17) is 5.73 Å². The van der Waals surface area contributed by atoms with E-state index in [0.717, 1.165) is 17.8 Å².